The van der Waals surface area contributed by atoms with Crippen LogP contribution in [0.25, 0.3) is 0 Å². The molecule has 0 fully saturated rings. The number of amides is 1. The first-order chi connectivity index (χ1) is 9.51. The molecule has 0 aliphatic rings. The third kappa shape index (κ3) is 2.96. The van der Waals surface area contributed by atoms with Gasteiger partial charge in [-0.15, -0.1) is 0 Å². The Balaban J connectivity index is 2.36. The molecular weight excluding hydrogens is 255 g/mol. The SMILES string of the molecule is CCN(C(=O)c1cc(C)cc(F)c1)c1ccc(N)cc1. The van der Waals surface area contributed by atoms with E-state index in [9.17, 15) is 9.18 Å². The molecule has 0 aliphatic heterocycles. The molecule has 1 amide bonds. The monoisotopic (exact) mass is 272 g/mol. The standard InChI is InChI=1S/C16H17FN2O/c1-3-19(15-6-4-14(18)5-7-15)16(20)12-8-11(2)9-13(17)10-12/h4-10H,3,18H2,1-2H3. The summed E-state index contributed by atoms with van der Waals surface area (Å²) in [6, 6.07) is 11.4. The smallest absolute Gasteiger partial charge is 0.258 e. The van der Waals surface area contributed by atoms with Crippen LogP contribution in [0.15, 0.2) is 42.5 Å². The van der Waals surface area contributed by atoms with Crippen molar-refractivity contribution in [1.82, 2.24) is 0 Å². The van der Waals surface area contributed by atoms with Gasteiger partial charge in [0.2, 0.25) is 0 Å². The second kappa shape index (κ2) is 5.74. The molecule has 2 aromatic carbocycles. The van der Waals surface area contributed by atoms with Gasteiger partial charge in [-0.1, -0.05) is 0 Å². The Morgan fingerprint density at radius 1 is 1.20 bits per heavy atom. The number of halogens is 1. The zero-order valence-electron chi connectivity index (χ0n) is 11.6. The maximum absolute atomic E-state index is 13.4. The Hall–Kier alpha value is -2.36. The van der Waals surface area contributed by atoms with E-state index in [-0.39, 0.29) is 5.91 Å². The van der Waals surface area contributed by atoms with E-state index in [1.165, 1.54) is 12.1 Å². The number of hydrogen-bond donors (Lipinski definition) is 1. The molecule has 3 nitrogen and oxygen atoms in total. The number of nitrogens with two attached hydrogens (primary N) is 1. The predicted molar refractivity (Wildman–Crippen MR) is 79.3 cm³/mol. The van der Waals surface area contributed by atoms with E-state index in [2.05, 4.69) is 0 Å². The molecule has 0 spiro atoms. The number of hydrogen-bond acceptors (Lipinski definition) is 2. The van der Waals surface area contributed by atoms with Crippen LogP contribution in [0.5, 0.6) is 0 Å². The first kappa shape index (κ1) is 14.1. The Morgan fingerprint density at radius 2 is 1.85 bits per heavy atom. The van der Waals surface area contributed by atoms with Crippen molar-refractivity contribution in [1.29, 1.82) is 0 Å². The van der Waals surface area contributed by atoms with Gasteiger partial charge >= 0.3 is 0 Å². The largest absolute Gasteiger partial charge is 0.399 e. The van der Waals surface area contributed by atoms with Gasteiger partial charge in [0.15, 0.2) is 0 Å². The lowest BCUT2D eigenvalue weighted by Crippen LogP contribution is -2.30. The Labute approximate surface area is 117 Å². The van der Waals surface area contributed by atoms with Crippen molar-refractivity contribution >= 4 is 17.3 Å². The molecule has 4 heteroatoms. The molecule has 0 aromatic heterocycles. The van der Waals surface area contributed by atoms with E-state index >= 15 is 0 Å². The maximum Gasteiger partial charge on any atom is 0.258 e. The van der Waals surface area contributed by atoms with Crippen LogP contribution in [0.4, 0.5) is 15.8 Å². The topological polar surface area (TPSA) is 46.3 Å². The minimum Gasteiger partial charge on any atom is -0.399 e. The Bertz CT molecular complexity index is 603. The summed E-state index contributed by atoms with van der Waals surface area (Å²) < 4.78 is 13.4. The van der Waals surface area contributed by atoms with Crippen molar-refractivity contribution in [3.05, 3.63) is 59.4 Å². The fourth-order valence-corrected chi connectivity index (χ4v) is 2.11. The summed E-state index contributed by atoms with van der Waals surface area (Å²) in [4.78, 5) is 14.1. The number of aryl methyl sites for hydroxylation is 1. The number of benzene rings is 2. The van der Waals surface area contributed by atoms with Gasteiger partial charge in [-0.2, -0.15) is 0 Å². The molecule has 0 aliphatic carbocycles. The van der Waals surface area contributed by atoms with E-state index in [0.29, 0.717) is 17.8 Å². The highest BCUT2D eigenvalue weighted by Crippen LogP contribution is 2.19. The quantitative estimate of drug-likeness (QED) is 0.871. The minimum atomic E-state index is -0.401. The molecular formula is C16H17FN2O. The first-order valence-corrected chi connectivity index (χ1v) is 6.46. The van der Waals surface area contributed by atoms with Crippen molar-refractivity contribution in [3.63, 3.8) is 0 Å². The van der Waals surface area contributed by atoms with Crippen molar-refractivity contribution in [2.75, 3.05) is 17.2 Å². The van der Waals surface area contributed by atoms with Crippen molar-refractivity contribution < 1.29 is 9.18 Å². The van der Waals surface area contributed by atoms with Crippen molar-refractivity contribution in [2.24, 2.45) is 0 Å². The molecule has 2 rings (SSSR count). The van der Waals surface area contributed by atoms with Crippen LogP contribution < -0.4 is 10.6 Å². The van der Waals surface area contributed by atoms with Crippen LogP contribution in [0.3, 0.4) is 0 Å². The normalized spacial score (nSPS) is 10.3. The molecule has 2 aromatic rings. The first-order valence-electron chi connectivity index (χ1n) is 6.46. The van der Waals surface area contributed by atoms with E-state index < -0.39 is 5.82 Å². The zero-order valence-corrected chi connectivity index (χ0v) is 11.6. The van der Waals surface area contributed by atoms with Gasteiger partial charge in [-0.05, 0) is 61.9 Å². The second-order valence-corrected chi connectivity index (χ2v) is 4.66. The van der Waals surface area contributed by atoms with Gasteiger partial charge in [0.1, 0.15) is 5.82 Å². The fourth-order valence-electron chi connectivity index (χ4n) is 2.11. The molecule has 0 saturated carbocycles. The molecule has 0 bridgehead atoms. The molecule has 0 atom stereocenters. The van der Waals surface area contributed by atoms with Crippen LogP contribution in [0, 0.1) is 12.7 Å². The molecule has 0 unspecified atom stereocenters. The van der Waals surface area contributed by atoms with Crippen LogP contribution in [0.1, 0.15) is 22.8 Å². The summed E-state index contributed by atoms with van der Waals surface area (Å²) in [5, 5.41) is 0. The van der Waals surface area contributed by atoms with Crippen LogP contribution in [-0.4, -0.2) is 12.5 Å². The van der Waals surface area contributed by atoms with Crippen LogP contribution in [0.2, 0.25) is 0 Å². The van der Waals surface area contributed by atoms with Gasteiger partial charge in [0, 0.05) is 23.5 Å². The van der Waals surface area contributed by atoms with Crippen molar-refractivity contribution in [2.45, 2.75) is 13.8 Å². The Kier molecular flexibility index (Phi) is 4.03. The lowest BCUT2D eigenvalue weighted by Gasteiger charge is -2.21. The average Bonchev–Trinajstić information content (AvgIpc) is 2.40. The number of nitrogens with zero attached hydrogens (tertiary/aromatic N) is 1. The van der Waals surface area contributed by atoms with Crippen LogP contribution >= 0.6 is 0 Å². The summed E-state index contributed by atoms with van der Waals surface area (Å²) in [7, 11) is 0. The fraction of sp³-hybridized carbons (Fsp3) is 0.188. The van der Waals surface area contributed by atoms with Crippen molar-refractivity contribution in [3.8, 4) is 0 Å². The highest BCUT2D eigenvalue weighted by Gasteiger charge is 2.17. The second-order valence-electron chi connectivity index (χ2n) is 4.66. The molecule has 0 radical (unpaired) electrons. The van der Waals surface area contributed by atoms with Crippen LogP contribution in [-0.2, 0) is 0 Å². The highest BCUT2D eigenvalue weighted by atomic mass is 19.1. The molecule has 104 valence electrons. The predicted octanol–water partition coefficient (Wildman–Crippen LogP) is 3.38. The minimum absolute atomic E-state index is 0.222. The molecule has 20 heavy (non-hydrogen) atoms. The van der Waals surface area contributed by atoms with Gasteiger partial charge in [0.05, 0.1) is 0 Å². The number of anilines is 2. The van der Waals surface area contributed by atoms with E-state index in [0.717, 1.165) is 11.3 Å². The molecule has 0 heterocycles. The third-order valence-electron chi connectivity index (χ3n) is 3.06. The van der Waals surface area contributed by atoms with Gasteiger partial charge < -0.3 is 10.6 Å². The van der Waals surface area contributed by atoms with E-state index in [1.54, 1.807) is 42.2 Å². The summed E-state index contributed by atoms with van der Waals surface area (Å²) in [5.74, 6) is -0.624. The molecule has 0 saturated heterocycles. The lowest BCUT2D eigenvalue weighted by molar-refractivity contribution is 0.0988. The summed E-state index contributed by atoms with van der Waals surface area (Å²) in [5.41, 5.74) is 8.10. The van der Waals surface area contributed by atoms with Gasteiger partial charge in [-0.3, -0.25) is 4.79 Å². The summed E-state index contributed by atoms with van der Waals surface area (Å²) in [6.07, 6.45) is 0. The number of rotatable bonds is 3. The van der Waals surface area contributed by atoms with Gasteiger partial charge in [-0.25, -0.2) is 4.39 Å². The van der Waals surface area contributed by atoms with Gasteiger partial charge in [0.25, 0.3) is 5.91 Å². The number of nitrogen functional groups attached to an aromatic ring is 1. The molecule has 2 N–H and O–H groups in total. The lowest BCUT2D eigenvalue weighted by atomic mass is 10.1. The number of carbonyl (C=O) groups is 1. The Morgan fingerprint density at radius 3 is 2.40 bits per heavy atom. The van der Waals surface area contributed by atoms with E-state index in [4.69, 9.17) is 5.73 Å². The summed E-state index contributed by atoms with van der Waals surface area (Å²) in [6.45, 7) is 4.14. The van der Waals surface area contributed by atoms with E-state index in [1.807, 2.05) is 6.92 Å². The highest BCUT2D eigenvalue weighted by molar-refractivity contribution is 6.06. The zero-order chi connectivity index (χ0) is 14.7. The maximum atomic E-state index is 13.4. The summed E-state index contributed by atoms with van der Waals surface area (Å²) >= 11 is 0. The average molecular weight is 272 g/mol. The number of carbonyl (C=O) groups excluding carboxylic acids is 1. The third-order valence-corrected chi connectivity index (χ3v) is 3.06.